The van der Waals surface area contributed by atoms with Crippen LogP contribution in [-0.4, -0.2) is 17.5 Å². The van der Waals surface area contributed by atoms with Crippen molar-refractivity contribution in [1.82, 2.24) is 0 Å². The van der Waals surface area contributed by atoms with Crippen molar-refractivity contribution >= 4 is 23.3 Å². The monoisotopic (exact) mass is 415 g/mol. The van der Waals surface area contributed by atoms with Crippen molar-refractivity contribution in [3.63, 3.8) is 0 Å². The van der Waals surface area contributed by atoms with Crippen molar-refractivity contribution in [2.24, 2.45) is 0 Å². The van der Waals surface area contributed by atoms with E-state index in [-0.39, 0.29) is 28.7 Å². The third-order valence-electron chi connectivity index (χ3n) is 3.32. The van der Waals surface area contributed by atoms with Gasteiger partial charge < -0.3 is 9.47 Å². The second kappa shape index (κ2) is 8.30. The maximum atomic E-state index is 12.7. The fourth-order valence-corrected chi connectivity index (χ4v) is 2.27. The fraction of sp³-hybridized carbons (Fsp3) is 0.167. The number of hydrogen-bond acceptors (Lipinski definition) is 5. The molecule has 0 bridgehead atoms. The molecule has 0 aromatic heterocycles. The van der Waals surface area contributed by atoms with Gasteiger partial charge in [-0.25, -0.2) is 4.79 Å². The van der Waals surface area contributed by atoms with Crippen LogP contribution in [0.3, 0.4) is 0 Å². The van der Waals surface area contributed by atoms with Crippen molar-refractivity contribution in [2.75, 3.05) is 6.61 Å². The predicted octanol–water partition coefficient (Wildman–Crippen LogP) is 5.79. The van der Waals surface area contributed by atoms with E-state index in [0.717, 1.165) is 24.3 Å². The van der Waals surface area contributed by atoms with Crippen LogP contribution in [0.1, 0.15) is 22.8 Å². The van der Waals surface area contributed by atoms with E-state index >= 15 is 0 Å². The summed E-state index contributed by atoms with van der Waals surface area (Å²) in [6.45, 7) is 5.03. The van der Waals surface area contributed by atoms with Crippen LogP contribution in [0.5, 0.6) is 11.5 Å². The molecule has 0 saturated carbocycles. The van der Waals surface area contributed by atoms with E-state index in [1.165, 1.54) is 6.07 Å². The Hall–Kier alpha value is -3.07. The molecule has 0 saturated heterocycles. The van der Waals surface area contributed by atoms with Crippen molar-refractivity contribution in [3.05, 3.63) is 74.8 Å². The molecular weight excluding hydrogens is 403 g/mol. The Morgan fingerprint density at radius 2 is 1.93 bits per heavy atom. The lowest BCUT2D eigenvalue weighted by molar-refractivity contribution is -0.385. The molecule has 148 valence electrons. The van der Waals surface area contributed by atoms with Crippen LogP contribution in [0.15, 0.2) is 48.6 Å². The zero-order chi connectivity index (χ0) is 21.1. The minimum Gasteiger partial charge on any atom is -0.457 e. The van der Waals surface area contributed by atoms with Gasteiger partial charge in [0.2, 0.25) is 0 Å². The zero-order valence-electron chi connectivity index (χ0n) is 14.4. The second-order valence-corrected chi connectivity index (χ2v) is 6.12. The lowest BCUT2D eigenvalue weighted by atomic mass is 10.1. The Labute approximate surface area is 162 Å². The number of rotatable bonds is 6. The van der Waals surface area contributed by atoms with Crippen LogP contribution in [0, 0.1) is 10.1 Å². The standard InChI is InChI=1S/C18H13ClF3NO5/c1-10(2)9-27-17(24)13-8-12(4-5-15(13)23(25)26)28-16-6-3-11(7-14(16)19)18(20,21)22/h3-8H,1,9H2,2H3. The molecule has 0 aliphatic rings. The quantitative estimate of drug-likeness (QED) is 0.258. The molecule has 2 aromatic carbocycles. The van der Waals surface area contributed by atoms with Gasteiger partial charge in [0.05, 0.1) is 15.5 Å². The Kier molecular flexibility index (Phi) is 6.30. The molecule has 0 unspecified atom stereocenters. The largest absolute Gasteiger partial charge is 0.457 e. The smallest absolute Gasteiger partial charge is 0.416 e. The zero-order valence-corrected chi connectivity index (χ0v) is 15.1. The first-order valence-electron chi connectivity index (χ1n) is 7.63. The summed E-state index contributed by atoms with van der Waals surface area (Å²) in [7, 11) is 0. The van der Waals surface area contributed by atoms with Crippen LogP contribution < -0.4 is 4.74 Å². The van der Waals surface area contributed by atoms with Gasteiger partial charge >= 0.3 is 12.1 Å². The third kappa shape index (κ3) is 5.23. The molecule has 6 nitrogen and oxygen atoms in total. The summed E-state index contributed by atoms with van der Waals surface area (Å²) in [5.41, 5.74) is -1.33. The molecule has 0 N–H and O–H groups in total. The normalized spacial score (nSPS) is 11.0. The van der Waals surface area contributed by atoms with E-state index in [0.29, 0.717) is 11.6 Å². The van der Waals surface area contributed by atoms with Crippen LogP contribution in [0.4, 0.5) is 18.9 Å². The lowest BCUT2D eigenvalue weighted by Crippen LogP contribution is -2.10. The van der Waals surface area contributed by atoms with Crippen LogP contribution in [0.25, 0.3) is 0 Å². The van der Waals surface area contributed by atoms with Gasteiger partial charge in [-0.1, -0.05) is 18.2 Å². The predicted molar refractivity (Wildman–Crippen MR) is 94.7 cm³/mol. The maximum absolute atomic E-state index is 12.7. The molecule has 0 amide bonds. The minimum absolute atomic E-state index is 0.0467. The molecule has 2 aromatic rings. The van der Waals surface area contributed by atoms with Crippen molar-refractivity contribution in [3.8, 4) is 11.5 Å². The summed E-state index contributed by atoms with van der Waals surface area (Å²) in [6, 6.07) is 5.71. The van der Waals surface area contributed by atoms with Crippen molar-refractivity contribution in [2.45, 2.75) is 13.1 Å². The molecular formula is C18H13ClF3NO5. The molecule has 28 heavy (non-hydrogen) atoms. The first kappa shape index (κ1) is 21.2. The van der Waals surface area contributed by atoms with Crippen LogP contribution in [0.2, 0.25) is 5.02 Å². The average molecular weight is 416 g/mol. The molecule has 10 heteroatoms. The third-order valence-corrected chi connectivity index (χ3v) is 3.62. The molecule has 0 atom stereocenters. The summed E-state index contributed by atoms with van der Waals surface area (Å²) in [5.74, 6) is -1.14. The van der Waals surface area contributed by atoms with Crippen molar-refractivity contribution < 1.29 is 32.4 Å². The van der Waals surface area contributed by atoms with E-state index in [2.05, 4.69) is 6.58 Å². The van der Waals surface area contributed by atoms with Crippen LogP contribution >= 0.6 is 11.6 Å². The number of esters is 1. The van der Waals surface area contributed by atoms with E-state index in [4.69, 9.17) is 21.1 Å². The molecule has 0 heterocycles. The van der Waals surface area contributed by atoms with Gasteiger partial charge in [0, 0.05) is 12.1 Å². The molecule has 0 aliphatic heterocycles. The Balaban J connectivity index is 2.34. The van der Waals surface area contributed by atoms with E-state index in [1.54, 1.807) is 6.92 Å². The maximum Gasteiger partial charge on any atom is 0.416 e. The van der Waals surface area contributed by atoms with E-state index in [9.17, 15) is 28.1 Å². The molecule has 2 rings (SSSR count). The number of carbonyl (C=O) groups excluding carboxylic acids is 1. The Morgan fingerprint density at radius 3 is 2.46 bits per heavy atom. The number of halogens is 4. The van der Waals surface area contributed by atoms with Gasteiger partial charge in [-0.2, -0.15) is 13.2 Å². The number of nitrogens with zero attached hydrogens (tertiary/aromatic N) is 1. The number of nitro benzene ring substituents is 1. The van der Waals surface area contributed by atoms with Crippen LogP contribution in [-0.2, 0) is 10.9 Å². The molecule has 0 aliphatic carbocycles. The lowest BCUT2D eigenvalue weighted by Gasteiger charge is -2.12. The number of carbonyl (C=O) groups is 1. The van der Waals surface area contributed by atoms with Crippen molar-refractivity contribution in [1.29, 1.82) is 0 Å². The average Bonchev–Trinajstić information content (AvgIpc) is 2.60. The van der Waals surface area contributed by atoms with E-state index in [1.807, 2.05) is 0 Å². The molecule has 0 spiro atoms. The summed E-state index contributed by atoms with van der Waals surface area (Å²) < 4.78 is 48.4. The second-order valence-electron chi connectivity index (χ2n) is 5.71. The van der Waals surface area contributed by atoms with Gasteiger partial charge in [0.15, 0.2) is 0 Å². The topological polar surface area (TPSA) is 78.7 Å². The number of benzene rings is 2. The van der Waals surface area contributed by atoms with Gasteiger partial charge in [-0.05, 0) is 36.8 Å². The van der Waals surface area contributed by atoms with Gasteiger partial charge in [-0.3, -0.25) is 10.1 Å². The summed E-state index contributed by atoms with van der Waals surface area (Å²) in [6.07, 6.45) is -4.57. The minimum atomic E-state index is -4.57. The summed E-state index contributed by atoms with van der Waals surface area (Å²) in [4.78, 5) is 22.5. The molecule has 0 fully saturated rings. The number of nitro groups is 1. The first-order valence-corrected chi connectivity index (χ1v) is 8.01. The highest BCUT2D eigenvalue weighted by molar-refractivity contribution is 6.32. The van der Waals surface area contributed by atoms with Gasteiger partial charge in [-0.15, -0.1) is 0 Å². The summed E-state index contributed by atoms with van der Waals surface area (Å²) >= 11 is 5.82. The highest BCUT2D eigenvalue weighted by Gasteiger charge is 2.31. The van der Waals surface area contributed by atoms with E-state index < -0.39 is 28.3 Å². The Bertz CT molecular complexity index is 943. The molecule has 0 radical (unpaired) electrons. The summed E-state index contributed by atoms with van der Waals surface area (Å²) in [5, 5.41) is 10.8. The number of alkyl halides is 3. The van der Waals surface area contributed by atoms with Gasteiger partial charge in [0.25, 0.3) is 5.69 Å². The first-order chi connectivity index (χ1) is 13.0. The highest BCUT2D eigenvalue weighted by atomic mass is 35.5. The SMILES string of the molecule is C=C(C)COC(=O)c1cc(Oc2ccc(C(F)(F)F)cc2Cl)ccc1[N+](=O)[O-]. The Morgan fingerprint density at radius 1 is 1.25 bits per heavy atom. The highest BCUT2D eigenvalue weighted by Crippen LogP contribution is 2.37. The van der Waals surface area contributed by atoms with Gasteiger partial charge in [0.1, 0.15) is 23.7 Å². The fourth-order valence-electron chi connectivity index (χ4n) is 2.05. The number of hydrogen-bond donors (Lipinski definition) is 0. The number of ether oxygens (including phenoxy) is 2.